The van der Waals surface area contributed by atoms with E-state index in [9.17, 15) is 9.59 Å². The summed E-state index contributed by atoms with van der Waals surface area (Å²) in [5.74, 6) is -0.593. The van der Waals surface area contributed by atoms with Crippen molar-refractivity contribution >= 4 is 17.5 Å². The Labute approximate surface area is 111 Å². The Morgan fingerprint density at radius 2 is 2.05 bits per heavy atom. The zero-order valence-corrected chi connectivity index (χ0v) is 10.5. The second kappa shape index (κ2) is 4.84. The highest BCUT2D eigenvalue weighted by Gasteiger charge is 2.41. The van der Waals surface area contributed by atoms with Crippen LogP contribution in [0.4, 0.5) is 0 Å². The Morgan fingerprint density at radius 3 is 2.84 bits per heavy atom. The fraction of sp³-hybridized carbons (Fsp3) is 0.357. The summed E-state index contributed by atoms with van der Waals surface area (Å²) >= 11 is 0. The highest BCUT2D eigenvalue weighted by Crippen LogP contribution is 2.20. The molecule has 1 saturated heterocycles. The minimum atomic E-state index is -0.404. The number of hydrogen-bond acceptors (Lipinski definition) is 3. The minimum absolute atomic E-state index is 0.0832. The minimum Gasteiger partial charge on any atom is -0.354 e. The van der Waals surface area contributed by atoms with Crippen LogP contribution in [0.5, 0.6) is 0 Å². The van der Waals surface area contributed by atoms with Crippen molar-refractivity contribution in [3.8, 4) is 0 Å². The third-order valence-corrected chi connectivity index (χ3v) is 3.47. The van der Waals surface area contributed by atoms with Gasteiger partial charge < -0.3 is 10.2 Å². The van der Waals surface area contributed by atoms with Crippen molar-refractivity contribution in [2.75, 3.05) is 19.6 Å². The molecule has 2 heterocycles. The summed E-state index contributed by atoms with van der Waals surface area (Å²) in [6.45, 7) is 1.97. The van der Waals surface area contributed by atoms with Crippen LogP contribution in [0.15, 0.2) is 35.3 Å². The second-order valence-electron chi connectivity index (χ2n) is 4.78. The van der Waals surface area contributed by atoms with Gasteiger partial charge in [0.1, 0.15) is 11.6 Å². The Hall–Kier alpha value is -2.17. The molecule has 2 aliphatic rings. The number of hydrogen-bond donors (Lipinski definition) is 1. The molecule has 0 spiro atoms. The van der Waals surface area contributed by atoms with Crippen LogP contribution in [0.3, 0.4) is 0 Å². The summed E-state index contributed by atoms with van der Waals surface area (Å²) in [4.78, 5) is 30.1. The predicted molar refractivity (Wildman–Crippen MR) is 70.7 cm³/mol. The van der Waals surface area contributed by atoms with Gasteiger partial charge in [0.25, 0.3) is 5.91 Å². The average Bonchev–Trinajstić information content (AvgIpc) is 2.62. The topological polar surface area (TPSA) is 61.8 Å². The van der Waals surface area contributed by atoms with Crippen molar-refractivity contribution in [2.24, 2.45) is 10.9 Å². The molecule has 3 rings (SSSR count). The first kappa shape index (κ1) is 11.9. The zero-order chi connectivity index (χ0) is 13.2. The quantitative estimate of drug-likeness (QED) is 0.823. The molecule has 1 N–H and O–H groups in total. The smallest absolute Gasteiger partial charge is 0.269 e. The van der Waals surface area contributed by atoms with Crippen molar-refractivity contribution < 1.29 is 9.59 Å². The van der Waals surface area contributed by atoms with Crippen molar-refractivity contribution in [3.05, 3.63) is 35.9 Å². The summed E-state index contributed by atoms with van der Waals surface area (Å²) in [6.07, 6.45) is 0. The van der Waals surface area contributed by atoms with E-state index in [1.54, 1.807) is 4.90 Å². The number of carbonyl (C=O) groups is 2. The molecule has 2 aliphatic heterocycles. The number of nitrogens with one attached hydrogen (secondary N) is 1. The van der Waals surface area contributed by atoms with E-state index in [-0.39, 0.29) is 11.8 Å². The van der Waals surface area contributed by atoms with Gasteiger partial charge in [0.05, 0.1) is 6.54 Å². The molecule has 0 radical (unpaired) electrons. The van der Waals surface area contributed by atoms with Gasteiger partial charge in [0.2, 0.25) is 5.91 Å². The van der Waals surface area contributed by atoms with Gasteiger partial charge in [-0.3, -0.25) is 14.6 Å². The average molecular weight is 257 g/mol. The summed E-state index contributed by atoms with van der Waals surface area (Å²) < 4.78 is 0. The molecule has 19 heavy (non-hydrogen) atoms. The molecular weight excluding hydrogens is 242 g/mol. The van der Waals surface area contributed by atoms with Crippen LogP contribution in [0.2, 0.25) is 0 Å². The Morgan fingerprint density at radius 1 is 1.26 bits per heavy atom. The first-order valence-electron chi connectivity index (χ1n) is 6.41. The molecule has 0 aromatic heterocycles. The predicted octanol–water partition coefficient (Wildman–Crippen LogP) is 0.216. The van der Waals surface area contributed by atoms with E-state index >= 15 is 0 Å². The van der Waals surface area contributed by atoms with Crippen molar-refractivity contribution in [2.45, 2.75) is 6.54 Å². The first-order valence-corrected chi connectivity index (χ1v) is 6.41. The van der Waals surface area contributed by atoms with Gasteiger partial charge in [-0.05, 0) is 5.56 Å². The van der Waals surface area contributed by atoms with Crippen LogP contribution in [0.1, 0.15) is 5.56 Å². The second-order valence-corrected chi connectivity index (χ2v) is 4.78. The Kier molecular flexibility index (Phi) is 3.03. The SMILES string of the molecule is O=C1NCCN=C2C(=O)N(Cc3ccccc3)C[C@@H]12. The third-order valence-electron chi connectivity index (χ3n) is 3.47. The normalized spacial score (nSPS) is 22.6. The number of nitrogens with zero attached hydrogens (tertiary/aromatic N) is 2. The van der Waals surface area contributed by atoms with E-state index < -0.39 is 5.92 Å². The molecule has 0 unspecified atom stereocenters. The van der Waals surface area contributed by atoms with Crippen molar-refractivity contribution in [1.29, 1.82) is 0 Å². The van der Waals surface area contributed by atoms with Gasteiger partial charge in [0.15, 0.2) is 0 Å². The number of amides is 2. The molecule has 1 aromatic carbocycles. The Bertz CT molecular complexity index is 539. The van der Waals surface area contributed by atoms with Gasteiger partial charge in [0, 0.05) is 19.6 Å². The first-order chi connectivity index (χ1) is 9.25. The van der Waals surface area contributed by atoms with E-state index in [1.807, 2.05) is 30.3 Å². The van der Waals surface area contributed by atoms with Crippen LogP contribution in [0, 0.1) is 5.92 Å². The molecule has 98 valence electrons. The standard InChI is InChI=1S/C14H15N3O2/c18-13-11-9-17(8-10-4-2-1-3-5-10)14(19)12(11)15-6-7-16-13/h1-5,11H,6-9H2,(H,16,18)/t11-/m1/s1. The number of benzene rings is 1. The van der Waals surface area contributed by atoms with E-state index in [1.165, 1.54) is 0 Å². The van der Waals surface area contributed by atoms with Gasteiger partial charge in [-0.2, -0.15) is 0 Å². The maximum Gasteiger partial charge on any atom is 0.269 e. The lowest BCUT2D eigenvalue weighted by Gasteiger charge is -2.15. The van der Waals surface area contributed by atoms with E-state index in [4.69, 9.17) is 0 Å². The lowest BCUT2D eigenvalue weighted by Crippen LogP contribution is -2.34. The number of aliphatic imine (C=N–C) groups is 1. The Balaban J connectivity index is 1.81. The van der Waals surface area contributed by atoms with E-state index in [2.05, 4.69) is 10.3 Å². The molecule has 5 heteroatoms. The van der Waals surface area contributed by atoms with Gasteiger partial charge in [-0.1, -0.05) is 30.3 Å². The van der Waals surface area contributed by atoms with Crippen molar-refractivity contribution in [1.82, 2.24) is 10.2 Å². The highest BCUT2D eigenvalue weighted by atomic mass is 16.2. The summed E-state index contributed by atoms with van der Waals surface area (Å²) in [5.41, 5.74) is 1.49. The van der Waals surface area contributed by atoms with Gasteiger partial charge >= 0.3 is 0 Å². The maximum absolute atomic E-state index is 12.3. The zero-order valence-electron chi connectivity index (χ0n) is 10.5. The largest absolute Gasteiger partial charge is 0.354 e. The molecule has 1 fully saturated rings. The molecule has 0 saturated carbocycles. The fourth-order valence-corrected chi connectivity index (χ4v) is 2.50. The molecule has 1 aromatic rings. The van der Waals surface area contributed by atoms with Crippen LogP contribution in [-0.4, -0.2) is 42.1 Å². The van der Waals surface area contributed by atoms with Crippen LogP contribution < -0.4 is 5.32 Å². The van der Waals surface area contributed by atoms with Crippen molar-refractivity contribution in [3.63, 3.8) is 0 Å². The number of rotatable bonds is 2. The summed E-state index contributed by atoms with van der Waals surface area (Å²) in [7, 11) is 0. The number of likely N-dealkylation sites (tertiary alicyclic amines) is 1. The summed E-state index contributed by atoms with van der Waals surface area (Å²) in [6, 6.07) is 9.78. The van der Waals surface area contributed by atoms with E-state index in [0.717, 1.165) is 5.56 Å². The lowest BCUT2D eigenvalue weighted by molar-refractivity contribution is -0.123. The number of carbonyl (C=O) groups excluding carboxylic acids is 2. The molecule has 2 amide bonds. The van der Waals surface area contributed by atoms with Gasteiger partial charge in [-0.15, -0.1) is 0 Å². The monoisotopic (exact) mass is 257 g/mol. The molecule has 0 bridgehead atoms. The van der Waals surface area contributed by atoms with Gasteiger partial charge in [-0.25, -0.2) is 0 Å². The molecule has 5 nitrogen and oxygen atoms in total. The molecule has 1 atom stereocenters. The maximum atomic E-state index is 12.3. The van der Waals surface area contributed by atoms with Crippen LogP contribution in [0.25, 0.3) is 0 Å². The molecular formula is C14H15N3O2. The highest BCUT2D eigenvalue weighted by molar-refractivity contribution is 6.45. The number of fused-ring (bicyclic) bond motifs is 1. The van der Waals surface area contributed by atoms with E-state index in [0.29, 0.717) is 31.9 Å². The van der Waals surface area contributed by atoms with Crippen LogP contribution in [-0.2, 0) is 16.1 Å². The molecule has 0 aliphatic carbocycles. The fourth-order valence-electron chi connectivity index (χ4n) is 2.50. The summed E-state index contributed by atoms with van der Waals surface area (Å²) in [5, 5.41) is 2.79. The lowest BCUT2D eigenvalue weighted by atomic mass is 10.1. The van der Waals surface area contributed by atoms with Crippen LogP contribution >= 0.6 is 0 Å². The third kappa shape index (κ3) is 2.23.